The van der Waals surface area contributed by atoms with Crippen molar-refractivity contribution in [1.82, 2.24) is 0 Å². The second kappa shape index (κ2) is 6.91. The number of anilines is 1. The van der Waals surface area contributed by atoms with Crippen LogP contribution >= 0.6 is 11.6 Å². The molecule has 0 bridgehead atoms. The highest BCUT2D eigenvalue weighted by atomic mass is 35.5. The van der Waals surface area contributed by atoms with E-state index in [4.69, 9.17) is 21.4 Å². The van der Waals surface area contributed by atoms with Crippen LogP contribution in [0, 0.1) is 5.92 Å². The Morgan fingerprint density at radius 3 is 2.76 bits per heavy atom. The molecule has 0 aromatic heterocycles. The number of aromatic carboxylic acids is 1. The van der Waals surface area contributed by atoms with Crippen LogP contribution in [-0.4, -0.2) is 29.7 Å². The Hall–Kier alpha value is -1.59. The number of carboxylic acid groups (broad SMARTS) is 1. The summed E-state index contributed by atoms with van der Waals surface area (Å²) in [6.45, 7) is 2.65. The first kappa shape index (κ1) is 15.8. The molecule has 0 heterocycles. The maximum Gasteiger partial charge on any atom is 0.335 e. The third-order valence-electron chi connectivity index (χ3n) is 3.56. The van der Waals surface area contributed by atoms with Crippen molar-refractivity contribution in [2.75, 3.05) is 11.9 Å². The average molecular weight is 312 g/mol. The zero-order valence-electron chi connectivity index (χ0n) is 11.8. The minimum atomic E-state index is -1.05. The number of hydrogen-bond donors (Lipinski definition) is 2. The van der Waals surface area contributed by atoms with Crippen molar-refractivity contribution in [3.05, 3.63) is 28.8 Å². The predicted octanol–water partition coefficient (Wildman–Crippen LogP) is 3.18. The minimum Gasteiger partial charge on any atom is -0.478 e. The molecule has 0 unspecified atom stereocenters. The van der Waals surface area contributed by atoms with Crippen molar-refractivity contribution in [3.8, 4) is 0 Å². The SMILES string of the molecule is CCOC1CC(CC(=O)Nc2cc(C(=O)O)ccc2Cl)C1. The Balaban J connectivity index is 1.88. The van der Waals surface area contributed by atoms with E-state index in [-0.39, 0.29) is 17.6 Å². The van der Waals surface area contributed by atoms with Crippen molar-refractivity contribution in [2.45, 2.75) is 32.3 Å². The van der Waals surface area contributed by atoms with Gasteiger partial charge in [0.05, 0.1) is 22.4 Å². The number of carbonyl (C=O) groups is 2. The lowest BCUT2D eigenvalue weighted by molar-refractivity contribution is -0.119. The lowest BCUT2D eigenvalue weighted by Gasteiger charge is -2.34. The van der Waals surface area contributed by atoms with Gasteiger partial charge >= 0.3 is 5.97 Å². The molecular weight excluding hydrogens is 294 g/mol. The van der Waals surface area contributed by atoms with Gasteiger partial charge in [-0.05, 0) is 43.9 Å². The van der Waals surface area contributed by atoms with Gasteiger partial charge in [0.1, 0.15) is 0 Å². The van der Waals surface area contributed by atoms with E-state index in [1.807, 2.05) is 6.92 Å². The topological polar surface area (TPSA) is 75.6 Å². The van der Waals surface area contributed by atoms with E-state index in [0.29, 0.717) is 29.7 Å². The molecule has 114 valence electrons. The molecule has 1 aliphatic carbocycles. The number of benzene rings is 1. The van der Waals surface area contributed by atoms with Gasteiger partial charge in [0, 0.05) is 13.0 Å². The molecule has 1 aromatic rings. The summed E-state index contributed by atoms with van der Waals surface area (Å²) < 4.78 is 5.45. The Morgan fingerprint density at radius 2 is 2.14 bits per heavy atom. The summed E-state index contributed by atoms with van der Waals surface area (Å²) in [5.41, 5.74) is 0.428. The Bertz CT molecular complexity index is 540. The van der Waals surface area contributed by atoms with Crippen LogP contribution in [0.2, 0.25) is 5.02 Å². The summed E-state index contributed by atoms with van der Waals surface area (Å²) in [7, 11) is 0. The van der Waals surface area contributed by atoms with Gasteiger partial charge in [-0.3, -0.25) is 4.79 Å². The molecule has 0 aliphatic heterocycles. The van der Waals surface area contributed by atoms with E-state index in [1.54, 1.807) is 0 Å². The zero-order chi connectivity index (χ0) is 15.4. The van der Waals surface area contributed by atoms with E-state index >= 15 is 0 Å². The van der Waals surface area contributed by atoms with Gasteiger partial charge in [0.25, 0.3) is 0 Å². The molecule has 1 fully saturated rings. The fourth-order valence-corrected chi connectivity index (χ4v) is 2.60. The van der Waals surface area contributed by atoms with Crippen LogP contribution in [0.4, 0.5) is 5.69 Å². The smallest absolute Gasteiger partial charge is 0.335 e. The quantitative estimate of drug-likeness (QED) is 0.846. The highest BCUT2D eigenvalue weighted by Gasteiger charge is 2.31. The summed E-state index contributed by atoms with van der Waals surface area (Å²) in [5.74, 6) is -0.886. The Morgan fingerprint density at radius 1 is 1.43 bits per heavy atom. The number of hydrogen-bond acceptors (Lipinski definition) is 3. The average Bonchev–Trinajstić information content (AvgIpc) is 2.38. The number of carboxylic acids is 1. The van der Waals surface area contributed by atoms with Crippen LogP contribution < -0.4 is 5.32 Å². The molecule has 2 rings (SSSR count). The molecule has 0 radical (unpaired) electrons. The van der Waals surface area contributed by atoms with Gasteiger partial charge in [-0.25, -0.2) is 4.79 Å². The number of rotatable bonds is 6. The highest BCUT2D eigenvalue weighted by Crippen LogP contribution is 2.33. The van der Waals surface area contributed by atoms with Crippen LogP contribution in [0.1, 0.15) is 36.5 Å². The van der Waals surface area contributed by atoms with Gasteiger partial charge < -0.3 is 15.2 Å². The number of halogens is 1. The van der Waals surface area contributed by atoms with Crippen LogP contribution in [0.3, 0.4) is 0 Å². The molecular formula is C15H18ClNO4. The lowest BCUT2D eigenvalue weighted by atomic mass is 9.80. The summed E-state index contributed by atoms with van der Waals surface area (Å²) in [5, 5.41) is 11.9. The number of nitrogens with one attached hydrogen (secondary N) is 1. The van der Waals surface area contributed by atoms with Gasteiger partial charge in [-0.2, -0.15) is 0 Å². The van der Waals surface area contributed by atoms with Gasteiger partial charge in [-0.1, -0.05) is 11.6 Å². The van der Waals surface area contributed by atoms with Gasteiger partial charge in [0.15, 0.2) is 0 Å². The molecule has 2 N–H and O–H groups in total. The summed E-state index contributed by atoms with van der Waals surface area (Å²) in [4.78, 5) is 22.9. The van der Waals surface area contributed by atoms with Crippen molar-refractivity contribution in [3.63, 3.8) is 0 Å². The van der Waals surface area contributed by atoms with Crippen LogP contribution in [0.25, 0.3) is 0 Å². The fraction of sp³-hybridized carbons (Fsp3) is 0.467. The Kier molecular flexibility index (Phi) is 5.20. The van der Waals surface area contributed by atoms with Crippen molar-refractivity contribution in [1.29, 1.82) is 0 Å². The zero-order valence-corrected chi connectivity index (χ0v) is 12.5. The number of ether oxygens (including phenoxy) is 1. The molecule has 0 saturated heterocycles. The third-order valence-corrected chi connectivity index (χ3v) is 3.89. The van der Waals surface area contributed by atoms with Crippen molar-refractivity contribution >= 4 is 29.2 Å². The van der Waals surface area contributed by atoms with Crippen LogP contribution in [0.5, 0.6) is 0 Å². The molecule has 1 aliphatic rings. The van der Waals surface area contributed by atoms with E-state index in [0.717, 1.165) is 12.8 Å². The second-order valence-electron chi connectivity index (χ2n) is 5.17. The van der Waals surface area contributed by atoms with Crippen molar-refractivity contribution in [2.24, 2.45) is 5.92 Å². The number of carbonyl (C=O) groups excluding carboxylic acids is 1. The molecule has 1 saturated carbocycles. The maximum atomic E-state index is 12.0. The maximum absolute atomic E-state index is 12.0. The molecule has 1 amide bonds. The first-order valence-electron chi connectivity index (χ1n) is 6.94. The molecule has 21 heavy (non-hydrogen) atoms. The monoisotopic (exact) mass is 311 g/mol. The van der Waals surface area contributed by atoms with Gasteiger partial charge in [0.2, 0.25) is 5.91 Å². The minimum absolute atomic E-state index is 0.0924. The van der Waals surface area contributed by atoms with Crippen molar-refractivity contribution < 1.29 is 19.4 Å². The Labute approximate surface area is 128 Å². The standard InChI is InChI=1S/C15H18ClNO4/c1-2-21-11-5-9(6-11)7-14(18)17-13-8-10(15(19)20)3-4-12(13)16/h3-4,8-9,11H,2,5-7H2,1H3,(H,17,18)(H,19,20). The first-order valence-corrected chi connectivity index (χ1v) is 7.31. The van der Waals surface area contributed by atoms with Gasteiger partial charge in [-0.15, -0.1) is 0 Å². The molecule has 1 aromatic carbocycles. The predicted molar refractivity (Wildman–Crippen MR) is 79.8 cm³/mol. The second-order valence-corrected chi connectivity index (χ2v) is 5.57. The van der Waals surface area contributed by atoms with E-state index in [1.165, 1.54) is 18.2 Å². The third kappa shape index (κ3) is 4.19. The van der Waals surface area contributed by atoms with E-state index in [9.17, 15) is 9.59 Å². The van der Waals surface area contributed by atoms with Crippen LogP contribution in [0.15, 0.2) is 18.2 Å². The fourth-order valence-electron chi connectivity index (χ4n) is 2.43. The summed E-state index contributed by atoms with van der Waals surface area (Å²) in [6.07, 6.45) is 2.46. The molecule has 0 atom stereocenters. The summed E-state index contributed by atoms with van der Waals surface area (Å²) >= 11 is 5.97. The van der Waals surface area contributed by atoms with E-state index < -0.39 is 5.97 Å². The highest BCUT2D eigenvalue weighted by molar-refractivity contribution is 6.33. The largest absolute Gasteiger partial charge is 0.478 e. The lowest BCUT2D eigenvalue weighted by Crippen LogP contribution is -2.33. The van der Waals surface area contributed by atoms with Crippen LogP contribution in [-0.2, 0) is 9.53 Å². The number of amides is 1. The molecule has 0 spiro atoms. The molecule has 5 nitrogen and oxygen atoms in total. The van der Waals surface area contributed by atoms with E-state index in [2.05, 4.69) is 5.32 Å². The first-order chi connectivity index (χ1) is 9.99. The normalized spacial score (nSPS) is 20.7. The molecule has 6 heteroatoms. The summed E-state index contributed by atoms with van der Waals surface area (Å²) in [6, 6.07) is 4.24.